The van der Waals surface area contributed by atoms with Crippen LogP contribution in [0.2, 0.25) is 0 Å². The van der Waals surface area contributed by atoms with Crippen molar-refractivity contribution < 1.29 is 0 Å². The van der Waals surface area contributed by atoms with Gasteiger partial charge in [-0.15, -0.1) is 0 Å². The monoisotopic (exact) mass is 240 g/mol. The van der Waals surface area contributed by atoms with Crippen molar-refractivity contribution in [1.29, 1.82) is 0 Å². The number of fused-ring (bicyclic) bond motifs is 1. The number of aromatic nitrogens is 2. The minimum atomic E-state index is -0.0465. The van der Waals surface area contributed by atoms with E-state index in [4.69, 9.17) is 0 Å². The summed E-state index contributed by atoms with van der Waals surface area (Å²) in [7, 11) is 0. The number of allylic oxidation sites excluding steroid dienone is 2. The minimum Gasteiger partial charge on any atom is -0.313 e. The maximum atomic E-state index is 12.0. The van der Waals surface area contributed by atoms with Crippen molar-refractivity contribution in [1.82, 2.24) is 9.97 Å². The van der Waals surface area contributed by atoms with Crippen LogP contribution in [0.5, 0.6) is 0 Å². The topological polar surface area (TPSA) is 45.8 Å². The van der Waals surface area contributed by atoms with Gasteiger partial charge in [0, 0.05) is 0 Å². The summed E-state index contributed by atoms with van der Waals surface area (Å²) in [4.78, 5) is 18.9. The van der Waals surface area contributed by atoms with Crippen molar-refractivity contribution in [2.45, 2.75) is 26.2 Å². The third kappa shape index (κ3) is 1.86. The van der Waals surface area contributed by atoms with Crippen LogP contribution >= 0.6 is 0 Å². The van der Waals surface area contributed by atoms with E-state index in [2.05, 4.69) is 23.0 Å². The molecule has 0 radical (unpaired) electrons. The van der Waals surface area contributed by atoms with E-state index < -0.39 is 0 Å². The van der Waals surface area contributed by atoms with E-state index >= 15 is 0 Å². The number of nitrogens with one attached hydrogen (secondary N) is 1. The van der Waals surface area contributed by atoms with E-state index in [-0.39, 0.29) is 5.56 Å². The molecule has 0 bridgehead atoms. The lowest BCUT2D eigenvalue weighted by Gasteiger charge is -2.18. The van der Waals surface area contributed by atoms with E-state index in [1.54, 1.807) is 0 Å². The molecule has 0 fully saturated rings. The summed E-state index contributed by atoms with van der Waals surface area (Å²) in [6.07, 6.45) is 7.25. The number of nitrogens with zero attached hydrogens (tertiary/aromatic N) is 1. The molecule has 0 amide bonds. The summed E-state index contributed by atoms with van der Waals surface area (Å²) in [5.41, 5.74) is 3.07. The zero-order valence-electron chi connectivity index (χ0n) is 10.4. The number of H-pyrrole nitrogens is 1. The van der Waals surface area contributed by atoms with Gasteiger partial charge in [0.1, 0.15) is 0 Å². The van der Waals surface area contributed by atoms with Gasteiger partial charge in [0.25, 0.3) is 5.56 Å². The summed E-state index contributed by atoms with van der Waals surface area (Å²) < 4.78 is 0. The molecule has 1 aliphatic rings. The van der Waals surface area contributed by atoms with Crippen molar-refractivity contribution >= 4 is 16.5 Å². The maximum Gasteiger partial charge on any atom is 0.259 e. The van der Waals surface area contributed by atoms with E-state index in [1.807, 2.05) is 18.2 Å². The SMILES string of the molecule is C[C@@H]1C=C(c2cccc3nc[nH]c(=O)c23)CCC1. The first-order valence-electron chi connectivity index (χ1n) is 6.43. The second-order valence-electron chi connectivity index (χ2n) is 4.99. The number of benzene rings is 1. The third-order valence-electron chi connectivity index (χ3n) is 3.61. The molecule has 1 aromatic carbocycles. The van der Waals surface area contributed by atoms with Gasteiger partial charge in [-0.05, 0) is 42.4 Å². The Kier molecular flexibility index (Phi) is 2.74. The Hall–Kier alpha value is -1.90. The van der Waals surface area contributed by atoms with E-state index in [0.29, 0.717) is 5.92 Å². The van der Waals surface area contributed by atoms with Crippen LogP contribution in [0.1, 0.15) is 31.7 Å². The highest BCUT2D eigenvalue weighted by atomic mass is 16.1. The molecule has 1 aliphatic carbocycles. The van der Waals surface area contributed by atoms with Gasteiger partial charge >= 0.3 is 0 Å². The molecular formula is C15H16N2O. The van der Waals surface area contributed by atoms with Crippen LogP contribution in [0.25, 0.3) is 16.5 Å². The molecule has 18 heavy (non-hydrogen) atoms. The number of hydrogen-bond donors (Lipinski definition) is 1. The summed E-state index contributed by atoms with van der Waals surface area (Å²) >= 11 is 0. The molecule has 1 atom stereocenters. The Morgan fingerprint density at radius 1 is 1.39 bits per heavy atom. The van der Waals surface area contributed by atoms with Gasteiger partial charge in [0.05, 0.1) is 17.2 Å². The zero-order valence-corrected chi connectivity index (χ0v) is 10.4. The Morgan fingerprint density at radius 2 is 2.28 bits per heavy atom. The maximum absolute atomic E-state index is 12.0. The summed E-state index contributed by atoms with van der Waals surface area (Å²) in [6, 6.07) is 5.90. The smallest absolute Gasteiger partial charge is 0.259 e. The third-order valence-corrected chi connectivity index (χ3v) is 3.61. The van der Waals surface area contributed by atoms with E-state index in [9.17, 15) is 4.79 Å². The second-order valence-corrected chi connectivity index (χ2v) is 4.99. The van der Waals surface area contributed by atoms with Crippen molar-refractivity contribution in [3.05, 3.63) is 46.5 Å². The predicted molar refractivity (Wildman–Crippen MR) is 73.4 cm³/mol. The van der Waals surface area contributed by atoms with Crippen molar-refractivity contribution in [3.63, 3.8) is 0 Å². The molecule has 0 saturated carbocycles. The van der Waals surface area contributed by atoms with Crippen molar-refractivity contribution in [3.8, 4) is 0 Å². The van der Waals surface area contributed by atoms with E-state index in [1.165, 1.54) is 24.7 Å². The van der Waals surface area contributed by atoms with Crippen molar-refractivity contribution in [2.75, 3.05) is 0 Å². The Labute approximate surface area is 106 Å². The van der Waals surface area contributed by atoms with Gasteiger partial charge in [-0.1, -0.05) is 25.1 Å². The average Bonchev–Trinajstić information content (AvgIpc) is 2.38. The molecule has 1 heterocycles. The highest BCUT2D eigenvalue weighted by molar-refractivity contribution is 5.91. The highest BCUT2D eigenvalue weighted by Gasteiger charge is 2.14. The quantitative estimate of drug-likeness (QED) is 0.832. The fourth-order valence-electron chi connectivity index (χ4n) is 2.74. The average molecular weight is 240 g/mol. The zero-order chi connectivity index (χ0) is 12.5. The number of aromatic amines is 1. The normalized spacial score (nSPS) is 19.8. The van der Waals surface area contributed by atoms with Gasteiger partial charge in [0.2, 0.25) is 0 Å². The number of rotatable bonds is 1. The van der Waals surface area contributed by atoms with Crippen LogP contribution in [0, 0.1) is 5.92 Å². The van der Waals surface area contributed by atoms with E-state index in [0.717, 1.165) is 22.9 Å². The van der Waals surface area contributed by atoms with Gasteiger partial charge in [-0.25, -0.2) is 4.98 Å². The first kappa shape index (κ1) is 11.2. The van der Waals surface area contributed by atoms with Crippen molar-refractivity contribution in [2.24, 2.45) is 5.92 Å². The molecule has 92 valence electrons. The molecule has 1 N–H and O–H groups in total. The van der Waals surface area contributed by atoms with Crippen LogP contribution < -0.4 is 5.56 Å². The Bertz CT molecular complexity index is 664. The molecule has 3 heteroatoms. The van der Waals surface area contributed by atoms with Gasteiger partial charge in [0.15, 0.2) is 0 Å². The molecule has 0 unspecified atom stereocenters. The van der Waals surface area contributed by atoms with Crippen LogP contribution in [0.3, 0.4) is 0 Å². The lowest BCUT2D eigenvalue weighted by atomic mass is 9.87. The Balaban J connectivity index is 2.26. The molecule has 3 rings (SSSR count). The molecular weight excluding hydrogens is 224 g/mol. The standard InChI is InChI=1S/C15H16N2O/c1-10-4-2-5-11(8-10)12-6-3-7-13-14(12)15(18)17-9-16-13/h3,6-10H,2,4-5H2,1H3,(H,16,17,18)/t10-/m0/s1. The fraction of sp³-hybridized carbons (Fsp3) is 0.333. The van der Waals surface area contributed by atoms with Crippen LogP contribution in [-0.2, 0) is 0 Å². The van der Waals surface area contributed by atoms with Crippen LogP contribution in [0.4, 0.5) is 0 Å². The second kappa shape index (κ2) is 4.41. The molecule has 0 aliphatic heterocycles. The van der Waals surface area contributed by atoms with Crippen LogP contribution in [0.15, 0.2) is 35.4 Å². The minimum absolute atomic E-state index is 0.0465. The first-order valence-corrected chi connectivity index (χ1v) is 6.43. The largest absolute Gasteiger partial charge is 0.313 e. The fourth-order valence-corrected chi connectivity index (χ4v) is 2.74. The summed E-state index contributed by atoms with van der Waals surface area (Å²) in [6.45, 7) is 2.23. The van der Waals surface area contributed by atoms with Crippen LogP contribution in [-0.4, -0.2) is 9.97 Å². The molecule has 2 aromatic rings. The lowest BCUT2D eigenvalue weighted by molar-refractivity contribution is 0.593. The first-order chi connectivity index (χ1) is 8.75. The van der Waals surface area contributed by atoms with Gasteiger partial charge in [-0.3, -0.25) is 4.79 Å². The Morgan fingerprint density at radius 3 is 3.11 bits per heavy atom. The molecule has 0 spiro atoms. The molecule has 3 nitrogen and oxygen atoms in total. The predicted octanol–water partition coefficient (Wildman–Crippen LogP) is 3.13. The highest BCUT2D eigenvalue weighted by Crippen LogP contribution is 2.31. The molecule has 0 saturated heterocycles. The van der Waals surface area contributed by atoms with Gasteiger partial charge < -0.3 is 4.98 Å². The number of hydrogen-bond acceptors (Lipinski definition) is 2. The van der Waals surface area contributed by atoms with Gasteiger partial charge in [-0.2, -0.15) is 0 Å². The summed E-state index contributed by atoms with van der Waals surface area (Å²) in [5, 5.41) is 0.723. The molecule has 1 aromatic heterocycles. The lowest BCUT2D eigenvalue weighted by Crippen LogP contribution is -2.10. The summed E-state index contributed by atoms with van der Waals surface area (Å²) in [5.74, 6) is 0.597.